The molecule has 0 aliphatic heterocycles. The zero-order valence-corrected chi connectivity index (χ0v) is 12.1. The summed E-state index contributed by atoms with van der Waals surface area (Å²) in [6, 6.07) is 11.1. The Morgan fingerprint density at radius 2 is 1.61 bits per heavy atom. The third-order valence-corrected chi connectivity index (χ3v) is 2.92. The van der Waals surface area contributed by atoms with Gasteiger partial charge in [-0.05, 0) is 48.0 Å². The molecule has 0 bridgehead atoms. The summed E-state index contributed by atoms with van der Waals surface area (Å²) in [7, 11) is 1.49. The van der Waals surface area contributed by atoms with Gasteiger partial charge in [0.05, 0.1) is 7.11 Å². The Morgan fingerprint density at radius 3 is 2.13 bits per heavy atom. The van der Waals surface area contributed by atoms with E-state index in [1.54, 1.807) is 24.3 Å². The molecular weight excluding hydrogens is 308 g/mol. The molecule has 0 unspecified atom stereocenters. The second kappa shape index (κ2) is 7.01. The Hall–Kier alpha value is -2.74. The van der Waals surface area contributed by atoms with Gasteiger partial charge >= 0.3 is 6.18 Å². The maximum absolute atomic E-state index is 13.0. The fraction of sp³-hybridized carbons (Fsp3) is 0.111. The number of hydrogen-bond donors (Lipinski definition) is 0. The van der Waals surface area contributed by atoms with Crippen LogP contribution in [0.5, 0.6) is 5.75 Å². The first kappa shape index (κ1) is 16.6. The number of rotatable bonds is 2. The van der Waals surface area contributed by atoms with Crippen LogP contribution in [0, 0.1) is 17.7 Å². The van der Waals surface area contributed by atoms with E-state index < -0.39 is 17.6 Å². The highest BCUT2D eigenvalue weighted by molar-refractivity contribution is 5.61. The molecule has 0 heterocycles. The number of hydrogen-bond acceptors (Lipinski definition) is 1. The number of halogens is 4. The summed E-state index contributed by atoms with van der Waals surface area (Å²) in [5.74, 6) is 4.67. The largest absolute Gasteiger partial charge is 0.497 e. The van der Waals surface area contributed by atoms with Gasteiger partial charge in [-0.2, -0.15) is 13.2 Å². The van der Waals surface area contributed by atoms with Crippen molar-refractivity contribution >= 4 is 6.08 Å². The molecule has 0 N–H and O–H groups in total. The highest BCUT2D eigenvalue weighted by atomic mass is 19.4. The van der Waals surface area contributed by atoms with E-state index in [4.69, 9.17) is 4.74 Å². The maximum Gasteiger partial charge on any atom is 0.424 e. The maximum atomic E-state index is 13.0. The molecule has 0 amide bonds. The molecule has 1 nitrogen and oxygen atoms in total. The van der Waals surface area contributed by atoms with Crippen molar-refractivity contribution < 1.29 is 22.3 Å². The Bertz CT molecular complexity index is 745. The van der Waals surface area contributed by atoms with Crippen LogP contribution in [0.1, 0.15) is 11.1 Å². The van der Waals surface area contributed by atoms with Gasteiger partial charge in [-0.1, -0.05) is 24.0 Å². The summed E-state index contributed by atoms with van der Waals surface area (Å²) < 4.78 is 56.9. The van der Waals surface area contributed by atoms with Crippen molar-refractivity contribution in [2.75, 3.05) is 7.11 Å². The quantitative estimate of drug-likeness (QED) is 0.569. The molecule has 2 aromatic carbocycles. The van der Waals surface area contributed by atoms with E-state index in [0.29, 0.717) is 11.3 Å². The van der Waals surface area contributed by atoms with Crippen LogP contribution in [0.2, 0.25) is 0 Å². The Balaban J connectivity index is 2.33. The van der Waals surface area contributed by atoms with Gasteiger partial charge in [0.2, 0.25) is 0 Å². The monoisotopic (exact) mass is 320 g/mol. The molecule has 5 heteroatoms. The summed E-state index contributed by atoms with van der Waals surface area (Å²) in [5.41, 5.74) is -0.345. The number of benzene rings is 2. The molecule has 0 saturated heterocycles. The van der Waals surface area contributed by atoms with Gasteiger partial charge in [0.1, 0.15) is 17.1 Å². The lowest BCUT2D eigenvalue weighted by Crippen LogP contribution is -2.10. The standard InChI is InChI=1S/C18H12F4O/c1-23-17-10-5-13(6-11-17)2-7-15(18(20,21)22)12-14-3-8-16(19)9-4-14/h3-6,8-12H,1H3. The molecule has 118 valence electrons. The van der Waals surface area contributed by atoms with E-state index in [2.05, 4.69) is 11.8 Å². The highest BCUT2D eigenvalue weighted by Gasteiger charge is 2.32. The van der Waals surface area contributed by atoms with E-state index in [9.17, 15) is 17.6 Å². The smallest absolute Gasteiger partial charge is 0.424 e. The number of ether oxygens (including phenoxy) is 1. The van der Waals surface area contributed by atoms with E-state index in [-0.39, 0.29) is 5.56 Å². The van der Waals surface area contributed by atoms with Gasteiger partial charge < -0.3 is 4.74 Å². The minimum absolute atomic E-state index is 0.225. The van der Waals surface area contributed by atoms with Crippen LogP contribution >= 0.6 is 0 Å². The average molecular weight is 320 g/mol. The van der Waals surface area contributed by atoms with Crippen molar-refractivity contribution in [3.8, 4) is 17.6 Å². The van der Waals surface area contributed by atoms with Crippen molar-refractivity contribution in [3.05, 3.63) is 71.0 Å². The predicted molar refractivity (Wildman–Crippen MR) is 80.3 cm³/mol. The minimum atomic E-state index is -4.59. The highest BCUT2D eigenvalue weighted by Crippen LogP contribution is 2.27. The summed E-state index contributed by atoms with van der Waals surface area (Å²) in [6.07, 6.45) is -3.70. The number of allylic oxidation sites excluding steroid dienone is 1. The molecule has 2 aromatic rings. The van der Waals surface area contributed by atoms with Crippen molar-refractivity contribution in [1.29, 1.82) is 0 Å². The Kier molecular flexibility index (Phi) is 5.07. The predicted octanol–water partition coefficient (Wildman–Crippen LogP) is 4.83. The lowest BCUT2D eigenvalue weighted by molar-refractivity contribution is -0.0863. The van der Waals surface area contributed by atoms with E-state index in [1.807, 2.05) is 0 Å². The Labute approximate surface area is 131 Å². The molecule has 0 saturated carbocycles. The topological polar surface area (TPSA) is 9.23 Å². The van der Waals surface area contributed by atoms with Crippen LogP contribution in [0.25, 0.3) is 6.08 Å². The first-order valence-corrected chi connectivity index (χ1v) is 6.59. The fourth-order valence-electron chi connectivity index (χ4n) is 1.73. The van der Waals surface area contributed by atoms with Crippen LogP contribution in [0.15, 0.2) is 54.1 Å². The summed E-state index contributed by atoms with van der Waals surface area (Å²) in [4.78, 5) is 0. The van der Waals surface area contributed by atoms with Crippen LogP contribution in [0.3, 0.4) is 0 Å². The molecular formula is C18H12F4O. The summed E-state index contributed by atoms with van der Waals surface area (Å²) in [6.45, 7) is 0. The lowest BCUT2D eigenvalue weighted by Gasteiger charge is -2.05. The zero-order chi connectivity index (χ0) is 16.9. The van der Waals surface area contributed by atoms with Crippen LogP contribution in [-0.2, 0) is 0 Å². The van der Waals surface area contributed by atoms with E-state index in [0.717, 1.165) is 18.2 Å². The SMILES string of the molecule is COc1ccc(C#CC(=Cc2ccc(F)cc2)C(F)(F)F)cc1. The summed E-state index contributed by atoms with van der Waals surface area (Å²) >= 11 is 0. The lowest BCUT2D eigenvalue weighted by atomic mass is 10.1. The van der Waals surface area contributed by atoms with Gasteiger partial charge in [-0.3, -0.25) is 0 Å². The normalized spacial score (nSPS) is 11.6. The molecule has 0 radical (unpaired) electrons. The van der Waals surface area contributed by atoms with Gasteiger partial charge in [0.25, 0.3) is 0 Å². The fourth-order valence-corrected chi connectivity index (χ4v) is 1.73. The molecule has 0 aliphatic carbocycles. The number of alkyl halides is 3. The van der Waals surface area contributed by atoms with Crippen molar-refractivity contribution in [2.45, 2.75) is 6.18 Å². The van der Waals surface area contributed by atoms with Crippen LogP contribution in [0.4, 0.5) is 17.6 Å². The third-order valence-electron chi connectivity index (χ3n) is 2.92. The number of methoxy groups -OCH3 is 1. The molecule has 0 fully saturated rings. The first-order valence-electron chi connectivity index (χ1n) is 6.59. The second-order valence-corrected chi connectivity index (χ2v) is 4.59. The second-order valence-electron chi connectivity index (χ2n) is 4.59. The van der Waals surface area contributed by atoms with Gasteiger partial charge in [-0.15, -0.1) is 0 Å². The van der Waals surface area contributed by atoms with E-state index in [1.165, 1.54) is 19.2 Å². The molecule has 23 heavy (non-hydrogen) atoms. The third kappa shape index (κ3) is 4.89. The Morgan fingerprint density at radius 1 is 1.00 bits per heavy atom. The molecule has 2 rings (SSSR count). The van der Waals surface area contributed by atoms with E-state index >= 15 is 0 Å². The molecule has 0 aliphatic rings. The summed E-state index contributed by atoms with van der Waals surface area (Å²) in [5, 5.41) is 0. The first-order chi connectivity index (χ1) is 10.9. The zero-order valence-electron chi connectivity index (χ0n) is 12.1. The van der Waals surface area contributed by atoms with Gasteiger partial charge in [-0.25, -0.2) is 4.39 Å². The van der Waals surface area contributed by atoms with Crippen molar-refractivity contribution in [3.63, 3.8) is 0 Å². The van der Waals surface area contributed by atoms with Crippen LogP contribution in [-0.4, -0.2) is 13.3 Å². The minimum Gasteiger partial charge on any atom is -0.497 e. The average Bonchev–Trinajstić information content (AvgIpc) is 2.52. The van der Waals surface area contributed by atoms with Crippen molar-refractivity contribution in [2.24, 2.45) is 0 Å². The molecule has 0 aromatic heterocycles. The molecule has 0 spiro atoms. The van der Waals surface area contributed by atoms with Gasteiger partial charge in [0, 0.05) is 5.56 Å². The molecule has 0 atom stereocenters. The van der Waals surface area contributed by atoms with Crippen molar-refractivity contribution in [1.82, 2.24) is 0 Å². The van der Waals surface area contributed by atoms with Crippen LogP contribution < -0.4 is 4.74 Å². The van der Waals surface area contributed by atoms with Gasteiger partial charge in [0.15, 0.2) is 0 Å².